The number of carboxylic acid groups (broad SMARTS) is 1. The first-order chi connectivity index (χ1) is 15.1. The topological polar surface area (TPSA) is 75.3 Å². The molecule has 0 bridgehead atoms. The van der Waals surface area contributed by atoms with E-state index in [9.17, 15) is 32.6 Å². The molecule has 0 radical (unpaired) electrons. The maximum atomic E-state index is 14.6. The highest BCUT2D eigenvalue weighted by atomic mass is 19.4. The lowest BCUT2D eigenvalue weighted by Gasteiger charge is -2.28. The van der Waals surface area contributed by atoms with Gasteiger partial charge in [0.05, 0.1) is 6.20 Å². The number of rotatable bonds is 3. The van der Waals surface area contributed by atoms with Gasteiger partial charge in [-0.1, -0.05) is 37.1 Å². The monoisotopic (exact) mass is 446 g/mol. The van der Waals surface area contributed by atoms with Gasteiger partial charge in [0.25, 0.3) is 0 Å². The minimum Gasteiger partial charge on any atom is -0.479 e. The molecule has 3 aromatic rings. The van der Waals surface area contributed by atoms with Crippen molar-refractivity contribution >= 4 is 5.97 Å². The van der Waals surface area contributed by atoms with Gasteiger partial charge in [-0.2, -0.15) is 18.3 Å². The molecule has 1 saturated carbocycles. The van der Waals surface area contributed by atoms with Gasteiger partial charge in [0, 0.05) is 22.9 Å². The molecule has 2 aliphatic rings. The van der Waals surface area contributed by atoms with Crippen LogP contribution >= 0.6 is 0 Å². The zero-order valence-electron chi connectivity index (χ0n) is 16.7. The van der Waals surface area contributed by atoms with Crippen molar-refractivity contribution in [1.82, 2.24) is 9.78 Å². The zero-order valence-corrected chi connectivity index (χ0v) is 16.7. The number of aliphatic carboxylic acids is 1. The summed E-state index contributed by atoms with van der Waals surface area (Å²) in [6.07, 6.45) is -0.150. The summed E-state index contributed by atoms with van der Waals surface area (Å²) >= 11 is 0. The van der Waals surface area contributed by atoms with Crippen LogP contribution in [0, 0.1) is 5.82 Å². The van der Waals surface area contributed by atoms with E-state index in [4.69, 9.17) is 0 Å². The van der Waals surface area contributed by atoms with Gasteiger partial charge in [0.15, 0.2) is 5.54 Å². The van der Waals surface area contributed by atoms with E-state index in [1.165, 1.54) is 35.3 Å². The molecule has 0 aliphatic heterocycles. The second-order valence-electron chi connectivity index (χ2n) is 8.35. The van der Waals surface area contributed by atoms with E-state index >= 15 is 0 Å². The molecule has 166 valence electrons. The molecule has 5 rings (SSSR count). The van der Waals surface area contributed by atoms with E-state index in [0.29, 0.717) is 31.7 Å². The molecule has 2 aromatic carbocycles. The van der Waals surface area contributed by atoms with Crippen LogP contribution in [0.3, 0.4) is 0 Å². The van der Waals surface area contributed by atoms with Crippen LogP contribution in [0.2, 0.25) is 0 Å². The fraction of sp³-hybridized carbons (Fsp3) is 0.304. The number of hydrogen-bond acceptors (Lipinski definition) is 3. The highest BCUT2D eigenvalue weighted by Gasteiger charge is 2.61. The summed E-state index contributed by atoms with van der Waals surface area (Å²) in [5.41, 5.74) is -5.00. The number of fused-ring (bicyclic) bond motifs is 3. The van der Waals surface area contributed by atoms with E-state index < -0.39 is 34.7 Å². The Hall–Kier alpha value is -3.20. The fourth-order valence-electron chi connectivity index (χ4n) is 5.07. The first-order valence-electron chi connectivity index (χ1n) is 10.1. The molecule has 32 heavy (non-hydrogen) atoms. The summed E-state index contributed by atoms with van der Waals surface area (Å²) in [4.78, 5) is 12.0. The number of carbonyl (C=O) groups is 1. The van der Waals surface area contributed by atoms with E-state index in [-0.39, 0.29) is 27.8 Å². The molecule has 0 spiro atoms. The van der Waals surface area contributed by atoms with Crippen molar-refractivity contribution in [3.05, 3.63) is 65.7 Å². The first-order valence-corrected chi connectivity index (χ1v) is 10.1. The molecule has 0 unspecified atom stereocenters. The lowest BCUT2D eigenvalue weighted by atomic mass is 9.89. The minimum atomic E-state index is -5.08. The first kappa shape index (κ1) is 20.7. The molecular weight excluding hydrogens is 428 g/mol. The standard InChI is InChI=1S/C23H18F4N2O3/c24-14-9-16(13-11-28-29(12-13)21(20(30)31)7-3-4-8-21)19-15-5-1-2-6-17(15)22(32,18(19)10-14)23(25,26)27/h1-2,5-6,9-12,32H,3-4,7-8H2,(H,30,31)/t22-/m1/s1. The minimum absolute atomic E-state index is 0.0529. The van der Waals surface area contributed by atoms with Crippen molar-refractivity contribution in [1.29, 1.82) is 0 Å². The number of aromatic nitrogens is 2. The second-order valence-corrected chi connectivity index (χ2v) is 8.35. The quantitative estimate of drug-likeness (QED) is 0.566. The van der Waals surface area contributed by atoms with Crippen LogP contribution in [-0.4, -0.2) is 32.1 Å². The molecule has 1 atom stereocenters. The lowest BCUT2D eigenvalue weighted by molar-refractivity contribution is -0.246. The summed E-state index contributed by atoms with van der Waals surface area (Å²) in [7, 11) is 0. The van der Waals surface area contributed by atoms with Crippen molar-refractivity contribution in [2.75, 3.05) is 0 Å². The van der Waals surface area contributed by atoms with Crippen LogP contribution in [0.1, 0.15) is 36.8 Å². The van der Waals surface area contributed by atoms with E-state index in [1.54, 1.807) is 6.07 Å². The van der Waals surface area contributed by atoms with Gasteiger partial charge in [0.2, 0.25) is 5.60 Å². The molecular formula is C23H18F4N2O3. The maximum Gasteiger partial charge on any atom is 0.425 e. The smallest absolute Gasteiger partial charge is 0.425 e. The number of benzene rings is 2. The molecule has 1 fully saturated rings. The third-order valence-corrected chi connectivity index (χ3v) is 6.65. The summed E-state index contributed by atoms with van der Waals surface area (Å²) in [5.74, 6) is -1.98. The average molecular weight is 446 g/mol. The van der Waals surface area contributed by atoms with E-state index in [0.717, 1.165) is 6.07 Å². The van der Waals surface area contributed by atoms with Crippen LogP contribution < -0.4 is 0 Å². The summed E-state index contributed by atoms with van der Waals surface area (Å²) in [6.45, 7) is 0. The van der Waals surface area contributed by atoms with Crippen LogP contribution in [0.15, 0.2) is 48.8 Å². The number of hydrogen-bond donors (Lipinski definition) is 2. The molecule has 2 N–H and O–H groups in total. The highest BCUT2D eigenvalue weighted by Crippen LogP contribution is 2.57. The SMILES string of the molecule is O=C(O)C1(n2cc(-c3cc(F)cc4c3-c3ccccc3[C@]4(O)C(F)(F)F)cn2)CCCC1. The maximum absolute atomic E-state index is 14.6. The van der Waals surface area contributed by atoms with Gasteiger partial charge in [0.1, 0.15) is 5.82 Å². The van der Waals surface area contributed by atoms with Crippen molar-refractivity contribution in [2.45, 2.75) is 43.0 Å². The van der Waals surface area contributed by atoms with Crippen LogP contribution in [0.4, 0.5) is 17.6 Å². The Morgan fingerprint density at radius 3 is 2.41 bits per heavy atom. The third-order valence-electron chi connectivity index (χ3n) is 6.65. The largest absolute Gasteiger partial charge is 0.479 e. The number of carboxylic acids is 1. The summed E-state index contributed by atoms with van der Waals surface area (Å²) in [5, 5.41) is 24.8. The van der Waals surface area contributed by atoms with E-state index in [1.807, 2.05) is 0 Å². The molecule has 1 aromatic heterocycles. The van der Waals surface area contributed by atoms with Gasteiger partial charge >= 0.3 is 12.1 Å². The van der Waals surface area contributed by atoms with Gasteiger partial charge < -0.3 is 10.2 Å². The Morgan fingerprint density at radius 2 is 1.75 bits per heavy atom. The van der Waals surface area contributed by atoms with Gasteiger partial charge in [-0.25, -0.2) is 9.18 Å². The molecule has 5 nitrogen and oxygen atoms in total. The lowest BCUT2D eigenvalue weighted by Crippen LogP contribution is -2.41. The Balaban J connectivity index is 1.75. The van der Waals surface area contributed by atoms with Crippen LogP contribution in [-0.2, 0) is 15.9 Å². The second kappa shape index (κ2) is 6.65. The number of alkyl halides is 3. The Morgan fingerprint density at radius 1 is 1.06 bits per heavy atom. The third kappa shape index (κ3) is 2.60. The summed E-state index contributed by atoms with van der Waals surface area (Å²) < 4.78 is 58.1. The van der Waals surface area contributed by atoms with Crippen molar-refractivity contribution in [2.24, 2.45) is 0 Å². The van der Waals surface area contributed by atoms with Gasteiger partial charge in [-0.05, 0) is 41.7 Å². The average Bonchev–Trinajstić information content (AvgIpc) is 3.46. The zero-order chi connectivity index (χ0) is 22.9. The van der Waals surface area contributed by atoms with Crippen molar-refractivity contribution < 1.29 is 32.6 Å². The molecule has 0 saturated heterocycles. The Kier molecular flexibility index (Phi) is 4.30. The molecule has 2 aliphatic carbocycles. The number of aliphatic hydroxyl groups is 1. The Labute approximate surface area is 179 Å². The molecule has 0 amide bonds. The van der Waals surface area contributed by atoms with Crippen LogP contribution in [0.25, 0.3) is 22.3 Å². The molecule has 9 heteroatoms. The number of nitrogens with zero attached hydrogens (tertiary/aromatic N) is 2. The number of halogens is 4. The van der Waals surface area contributed by atoms with Crippen molar-refractivity contribution in [3.63, 3.8) is 0 Å². The predicted molar refractivity (Wildman–Crippen MR) is 106 cm³/mol. The Bertz CT molecular complexity index is 1240. The van der Waals surface area contributed by atoms with Crippen LogP contribution in [0.5, 0.6) is 0 Å². The summed E-state index contributed by atoms with van der Waals surface area (Å²) in [6, 6.07) is 7.32. The van der Waals surface area contributed by atoms with Crippen molar-refractivity contribution in [3.8, 4) is 22.3 Å². The highest BCUT2D eigenvalue weighted by molar-refractivity contribution is 5.92. The fourth-order valence-corrected chi connectivity index (χ4v) is 5.07. The predicted octanol–water partition coefficient (Wildman–Crippen LogP) is 4.82. The normalized spacial score (nSPS) is 21.4. The van der Waals surface area contributed by atoms with E-state index in [2.05, 4.69) is 5.10 Å². The molecule has 1 heterocycles. The van der Waals surface area contributed by atoms with Gasteiger partial charge in [-0.3, -0.25) is 4.68 Å². The van der Waals surface area contributed by atoms with Gasteiger partial charge in [-0.15, -0.1) is 0 Å².